The summed E-state index contributed by atoms with van der Waals surface area (Å²) >= 11 is 0. The topological polar surface area (TPSA) is 58.6 Å². The molecule has 2 N–H and O–H groups in total. The molecule has 1 amide bonds. The first-order valence-electron chi connectivity index (χ1n) is 5.74. The van der Waals surface area contributed by atoms with E-state index in [1.807, 2.05) is 0 Å². The van der Waals surface area contributed by atoms with Gasteiger partial charge in [0.2, 0.25) is 0 Å². The van der Waals surface area contributed by atoms with Gasteiger partial charge in [0.05, 0.1) is 13.2 Å². The fourth-order valence-electron chi connectivity index (χ4n) is 1.47. The molecule has 0 heterocycles. The number of aliphatic hydroxyl groups is 1. The molecule has 0 spiro atoms. The van der Waals surface area contributed by atoms with Crippen LogP contribution in [0.15, 0.2) is 24.3 Å². The summed E-state index contributed by atoms with van der Waals surface area (Å²) in [6.45, 7) is 2.31. The molecule has 0 saturated heterocycles. The first-order chi connectivity index (χ1) is 8.13. The predicted octanol–water partition coefficient (Wildman–Crippen LogP) is 1.59. The maximum atomic E-state index is 11.7. The van der Waals surface area contributed by atoms with E-state index in [1.54, 1.807) is 38.3 Å². The monoisotopic (exact) mass is 237 g/mol. The van der Waals surface area contributed by atoms with E-state index in [1.165, 1.54) is 0 Å². The standard InChI is InChI=1S/C13H19NO3/c1-10(15)5-4-8-14-13(16)11-6-3-7-12(9-11)17-2/h3,6-7,9-10,15H,4-5,8H2,1-2H3,(H,14,16). The zero-order valence-electron chi connectivity index (χ0n) is 10.3. The van der Waals surface area contributed by atoms with E-state index in [9.17, 15) is 4.79 Å². The summed E-state index contributed by atoms with van der Waals surface area (Å²) < 4.78 is 5.05. The Kier molecular flexibility index (Phi) is 5.49. The average molecular weight is 237 g/mol. The van der Waals surface area contributed by atoms with Crippen molar-refractivity contribution >= 4 is 5.91 Å². The van der Waals surface area contributed by atoms with E-state index in [-0.39, 0.29) is 12.0 Å². The minimum atomic E-state index is -0.316. The van der Waals surface area contributed by atoms with Crippen LogP contribution in [0.2, 0.25) is 0 Å². The van der Waals surface area contributed by atoms with Gasteiger partial charge in [-0.25, -0.2) is 0 Å². The quantitative estimate of drug-likeness (QED) is 0.739. The van der Waals surface area contributed by atoms with Crippen molar-refractivity contribution in [1.29, 1.82) is 0 Å². The van der Waals surface area contributed by atoms with E-state index in [0.717, 1.165) is 6.42 Å². The number of hydrogen-bond acceptors (Lipinski definition) is 3. The van der Waals surface area contributed by atoms with Crippen molar-refractivity contribution in [3.8, 4) is 5.75 Å². The van der Waals surface area contributed by atoms with Crippen LogP contribution in [0.25, 0.3) is 0 Å². The average Bonchev–Trinajstić information content (AvgIpc) is 2.34. The van der Waals surface area contributed by atoms with Crippen molar-refractivity contribution in [1.82, 2.24) is 5.32 Å². The van der Waals surface area contributed by atoms with Gasteiger partial charge in [0, 0.05) is 12.1 Å². The van der Waals surface area contributed by atoms with Gasteiger partial charge in [0.25, 0.3) is 5.91 Å². The highest BCUT2D eigenvalue weighted by molar-refractivity contribution is 5.94. The normalized spacial score (nSPS) is 11.9. The summed E-state index contributed by atoms with van der Waals surface area (Å²) in [7, 11) is 1.57. The zero-order valence-corrected chi connectivity index (χ0v) is 10.3. The lowest BCUT2D eigenvalue weighted by molar-refractivity contribution is 0.0949. The highest BCUT2D eigenvalue weighted by Gasteiger charge is 2.05. The highest BCUT2D eigenvalue weighted by Crippen LogP contribution is 2.12. The minimum absolute atomic E-state index is 0.116. The second-order valence-electron chi connectivity index (χ2n) is 3.98. The lowest BCUT2D eigenvalue weighted by Crippen LogP contribution is -2.25. The lowest BCUT2D eigenvalue weighted by Gasteiger charge is -2.07. The fourth-order valence-corrected chi connectivity index (χ4v) is 1.47. The third-order valence-electron chi connectivity index (χ3n) is 2.42. The minimum Gasteiger partial charge on any atom is -0.497 e. The van der Waals surface area contributed by atoms with Gasteiger partial charge in [0.1, 0.15) is 5.75 Å². The van der Waals surface area contributed by atoms with E-state index < -0.39 is 0 Å². The molecule has 94 valence electrons. The van der Waals surface area contributed by atoms with Gasteiger partial charge in [-0.3, -0.25) is 4.79 Å². The number of hydrogen-bond donors (Lipinski definition) is 2. The van der Waals surface area contributed by atoms with Crippen LogP contribution in [0.3, 0.4) is 0 Å². The number of nitrogens with one attached hydrogen (secondary N) is 1. The van der Waals surface area contributed by atoms with Gasteiger partial charge in [0.15, 0.2) is 0 Å². The van der Waals surface area contributed by atoms with Crippen molar-refractivity contribution in [3.63, 3.8) is 0 Å². The maximum Gasteiger partial charge on any atom is 0.251 e. The molecule has 0 radical (unpaired) electrons. The van der Waals surface area contributed by atoms with Gasteiger partial charge in [-0.05, 0) is 38.0 Å². The molecule has 1 atom stereocenters. The van der Waals surface area contributed by atoms with Crippen LogP contribution < -0.4 is 10.1 Å². The van der Waals surface area contributed by atoms with Crippen LogP contribution in [0.1, 0.15) is 30.1 Å². The van der Waals surface area contributed by atoms with Crippen molar-refractivity contribution in [3.05, 3.63) is 29.8 Å². The Hall–Kier alpha value is -1.55. The van der Waals surface area contributed by atoms with E-state index in [0.29, 0.717) is 24.3 Å². The molecule has 0 saturated carbocycles. The Balaban J connectivity index is 2.41. The smallest absolute Gasteiger partial charge is 0.251 e. The Morgan fingerprint density at radius 1 is 1.53 bits per heavy atom. The maximum absolute atomic E-state index is 11.7. The summed E-state index contributed by atoms with van der Waals surface area (Å²) in [5.41, 5.74) is 0.585. The van der Waals surface area contributed by atoms with Crippen molar-refractivity contribution in [2.75, 3.05) is 13.7 Å². The Bertz CT molecular complexity index is 363. The second-order valence-corrected chi connectivity index (χ2v) is 3.98. The SMILES string of the molecule is COc1cccc(C(=O)NCCCC(C)O)c1. The molecular weight excluding hydrogens is 218 g/mol. The Labute approximate surface area is 102 Å². The van der Waals surface area contributed by atoms with Crippen molar-refractivity contribution in [2.24, 2.45) is 0 Å². The van der Waals surface area contributed by atoms with Crippen LogP contribution in [-0.2, 0) is 0 Å². The molecule has 17 heavy (non-hydrogen) atoms. The molecular formula is C13H19NO3. The van der Waals surface area contributed by atoms with Crippen LogP contribution >= 0.6 is 0 Å². The number of carbonyl (C=O) groups excluding carboxylic acids is 1. The first-order valence-corrected chi connectivity index (χ1v) is 5.74. The molecule has 1 aromatic carbocycles. The summed E-state index contributed by atoms with van der Waals surface area (Å²) in [4.78, 5) is 11.7. The third-order valence-corrected chi connectivity index (χ3v) is 2.42. The molecule has 0 bridgehead atoms. The first kappa shape index (κ1) is 13.5. The highest BCUT2D eigenvalue weighted by atomic mass is 16.5. The van der Waals surface area contributed by atoms with Gasteiger partial charge in [-0.2, -0.15) is 0 Å². The van der Waals surface area contributed by atoms with Crippen molar-refractivity contribution in [2.45, 2.75) is 25.9 Å². The van der Waals surface area contributed by atoms with E-state index in [2.05, 4.69) is 5.32 Å². The number of benzene rings is 1. The molecule has 0 aliphatic carbocycles. The Morgan fingerprint density at radius 2 is 2.29 bits per heavy atom. The summed E-state index contributed by atoms with van der Waals surface area (Å²) in [5.74, 6) is 0.552. The van der Waals surface area contributed by atoms with Crippen LogP contribution in [-0.4, -0.2) is 30.8 Å². The molecule has 0 fully saturated rings. The number of methoxy groups -OCH3 is 1. The summed E-state index contributed by atoms with van der Waals surface area (Å²) in [6, 6.07) is 7.02. The predicted molar refractivity (Wildman–Crippen MR) is 66.2 cm³/mol. The molecule has 1 rings (SSSR count). The molecule has 0 aliphatic heterocycles. The van der Waals surface area contributed by atoms with Crippen LogP contribution in [0, 0.1) is 0 Å². The molecule has 0 aliphatic rings. The number of rotatable bonds is 6. The number of ether oxygens (including phenoxy) is 1. The third kappa shape index (κ3) is 4.87. The number of amides is 1. The molecule has 4 heteroatoms. The lowest BCUT2D eigenvalue weighted by atomic mass is 10.2. The molecule has 1 unspecified atom stereocenters. The van der Waals surface area contributed by atoms with Gasteiger partial charge in [-0.1, -0.05) is 6.07 Å². The molecule has 4 nitrogen and oxygen atoms in total. The number of carbonyl (C=O) groups is 1. The van der Waals surface area contributed by atoms with Crippen LogP contribution in [0.4, 0.5) is 0 Å². The second kappa shape index (κ2) is 6.91. The van der Waals surface area contributed by atoms with Crippen LogP contribution in [0.5, 0.6) is 5.75 Å². The Morgan fingerprint density at radius 3 is 2.94 bits per heavy atom. The van der Waals surface area contributed by atoms with Gasteiger partial charge >= 0.3 is 0 Å². The fraction of sp³-hybridized carbons (Fsp3) is 0.462. The summed E-state index contributed by atoms with van der Waals surface area (Å²) in [6.07, 6.45) is 1.15. The number of aliphatic hydroxyl groups excluding tert-OH is 1. The summed E-state index contributed by atoms with van der Waals surface area (Å²) in [5, 5.41) is 11.9. The zero-order chi connectivity index (χ0) is 12.7. The van der Waals surface area contributed by atoms with Crippen molar-refractivity contribution < 1.29 is 14.6 Å². The molecule has 0 aromatic heterocycles. The van der Waals surface area contributed by atoms with Gasteiger partial charge in [-0.15, -0.1) is 0 Å². The van der Waals surface area contributed by atoms with E-state index >= 15 is 0 Å². The van der Waals surface area contributed by atoms with E-state index in [4.69, 9.17) is 9.84 Å². The largest absolute Gasteiger partial charge is 0.497 e. The van der Waals surface area contributed by atoms with Gasteiger partial charge < -0.3 is 15.2 Å². The molecule has 1 aromatic rings.